The van der Waals surface area contributed by atoms with Gasteiger partial charge in [0, 0.05) is 24.4 Å². The fourth-order valence-corrected chi connectivity index (χ4v) is 6.39. The molecule has 0 bridgehead atoms. The van der Waals surface area contributed by atoms with E-state index in [2.05, 4.69) is 16.6 Å². The van der Waals surface area contributed by atoms with Crippen molar-refractivity contribution in [1.82, 2.24) is 19.8 Å². The monoisotopic (exact) mass is 534 g/mol. The van der Waals surface area contributed by atoms with Gasteiger partial charge in [0.25, 0.3) is 5.91 Å². The number of rotatable bonds is 8. The van der Waals surface area contributed by atoms with Gasteiger partial charge in [-0.3, -0.25) is 24.0 Å². The molecule has 5 rings (SSSR count). The van der Waals surface area contributed by atoms with Crippen LogP contribution in [0, 0.1) is 11.7 Å². The Morgan fingerprint density at radius 2 is 1.97 bits per heavy atom. The third kappa shape index (κ3) is 4.67. The Bertz CT molecular complexity index is 1280. The van der Waals surface area contributed by atoms with Crippen molar-refractivity contribution in [1.29, 1.82) is 0 Å². The number of likely N-dealkylation sites (tertiary alicyclic amines) is 1. The Kier molecular flexibility index (Phi) is 6.21. The van der Waals surface area contributed by atoms with Gasteiger partial charge in [-0.1, -0.05) is 18.2 Å². The lowest BCUT2D eigenvalue weighted by Gasteiger charge is -2.23. The molecule has 37 heavy (non-hydrogen) atoms. The van der Waals surface area contributed by atoms with E-state index in [0.717, 1.165) is 0 Å². The van der Waals surface area contributed by atoms with Crippen LogP contribution in [0.15, 0.2) is 30.9 Å². The number of fused-ring (bicyclic) bond motifs is 1. The fourth-order valence-electron chi connectivity index (χ4n) is 5.03. The lowest BCUT2D eigenvalue weighted by molar-refractivity contribution is -0.134. The molecular weight excluding hydrogens is 507 g/mol. The molecule has 198 valence electrons. The van der Waals surface area contributed by atoms with E-state index in [1.54, 1.807) is 12.1 Å². The van der Waals surface area contributed by atoms with Crippen LogP contribution in [0.3, 0.4) is 0 Å². The highest BCUT2D eigenvalue weighted by Crippen LogP contribution is 2.45. The molecule has 4 atom stereocenters. The highest BCUT2D eigenvalue weighted by molar-refractivity contribution is 7.91. The molecule has 4 unspecified atom stereocenters. The van der Waals surface area contributed by atoms with Crippen LogP contribution in [-0.4, -0.2) is 72.0 Å². The predicted molar refractivity (Wildman–Crippen MR) is 126 cm³/mol. The number of amides is 4. The standard InChI is InChI=1S/C24H27FN4O7S/c1-2-15-9-24(15,22(32)27-37(34,35)17-6-7-17)26-21(31)20-8-16(11-29(20)13-30)36-23(33)28-10-14-4-3-5-19(25)18(14)12-28/h2-5,13,15-17,20H,1,6-12H2,(H,26,31)(H,27,32). The van der Waals surface area contributed by atoms with Crippen molar-refractivity contribution in [2.45, 2.75) is 61.7 Å². The zero-order valence-corrected chi connectivity index (χ0v) is 20.7. The second kappa shape index (κ2) is 9.12. The summed E-state index contributed by atoms with van der Waals surface area (Å²) in [5, 5.41) is 2.01. The highest BCUT2D eigenvalue weighted by Gasteiger charge is 2.61. The van der Waals surface area contributed by atoms with E-state index in [9.17, 15) is 32.0 Å². The van der Waals surface area contributed by atoms with E-state index in [1.807, 2.05) is 0 Å². The number of hydrogen-bond acceptors (Lipinski definition) is 7. The van der Waals surface area contributed by atoms with Crippen LogP contribution in [0.25, 0.3) is 0 Å². The van der Waals surface area contributed by atoms with E-state index in [1.165, 1.54) is 21.9 Å². The number of ether oxygens (including phenoxy) is 1. The SMILES string of the molecule is C=CC1CC1(NC(=O)C1CC(OC(=O)N2Cc3cccc(F)c3C2)CN1C=O)C(=O)NS(=O)(=O)C1CC1. The first-order chi connectivity index (χ1) is 17.6. The molecule has 2 aliphatic heterocycles. The summed E-state index contributed by atoms with van der Waals surface area (Å²) >= 11 is 0. The van der Waals surface area contributed by atoms with E-state index in [-0.39, 0.29) is 32.5 Å². The molecule has 4 amide bonds. The normalized spacial score (nSPS) is 28.3. The van der Waals surface area contributed by atoms with Crippen LogP contribution in [-0.2, 0) is 42.2 Å². The maximum Gasteiger partial charge on any atom is 0.410 e. The molecule has 1 saturated heterocycles. The van der Waals surface area contributed by atoms with Gasteiger partial charge in [-0.05, 0) is 30.9 Å². The molecule has 4 aliphatic rings. The number of sulfonamides is 1. The van der Waals surface area contributed by atoms with Crippen molar-refractivity contribution < 1.29 is 36.7 Å². The molecule has 2 aliphatic carbocycles. The number of hydrogen-bond donors (Lipinski definition) is 2. The third-order valence-corrected chi connectivity index (χ3v) is 9.26. The largest absolute Gasteiger partial charge is 0.444 e. The van der Waals surface area contributed by atoms with Gasteiger partial charge in [-0.15, -0.1) is 6.58 Å². The number of benzene rings is 1. The van der Waals surface area contributed by atoms with Gasteiger partial charge < -0.3 is 15.0 Å². The maximum atomic E-state index is 14.0. The molecule has 0 radical (unpaired) electrons. The van der Waals surface area contributed by atoms with E-state index in [4.69, 9.17) is 4.74 Å². The molecule has 2 heterocycles. The summed E-state index contributed by atoms with van der Waals surface area (Å²) in [7, 11) is -3.82. The Labute approximate surface area is 213 Å². The first-order valence-electron chi connectivity index (χ1n) is 12.0. The number of halogens is 1. The smallest absolute Gasteiger partial charge is 0.410 e. The lowest BCUT2D eigenvalue weighted by Crippen LogP contribution is -2.56. The average molecular weight is 535 g/mol. The summed E-state index contributed by atoms with van der Waals surface area (Å²) in [5.41, 5.74) is -0.370. The Morgan fingerprint density at radius 3 is 2.59 bits per heavy atom. The van der Waals surface area contributed by atoms with Crippen LogP contribution in [0.4, 0.5) is 9.18 Å². The molecule has 2 saturated carbocycles. The number of carbonyl (C=O) groups excluding carboxylic acids is 4. The van der Waals surface area contributed by atoms with Crippen molar-refractivity contribution in [3.05, 3.63) is 47.8 Å². The van der Waals surface area contributed by atoms with Crippen LogP contribution in [0.2, 0.25) is 0 Å². The molecule has 1 aromatic carbocycles. The number of carbonyl (C=O) groups is 4. The molecule has 2 N–H and O–H groups in total. The lowest BCUT2D eigenvalue weighted by atomic mass is 10.1. The van der Waals surface area contributed by atoms with Crippen LogP contribution in [0.5, 0.6) is 0 Å². The average Bonchev–Trinajstić information content (AvgIpc) is 3.74. The molecular formula is C24H27FN4O7S. The molecule has 11 nitrogen and oxygen atoms in total. The van der Waals surface area contributed by atoms with E-state index in [0.29, 0.717) is 30.4 Å². The molecule has 13 heteroatoms. The highest BCUT2D eigenvalue weighted by atomic mass is 32.2. The van der Waals surface area contributed by atoms with Crippen LogP contribution in [0.1, 0.15) is 36.8 Å². The maximum absolute atomic E-state index is 14.0. The quantitative estimate of drug-likeness (QED) is 0.366. The fraction of sp³-hybridized carbons (Fsp3) is 0.500. The second-order valence-corrected chi connectivity index (χ2v) is 11.9. The minimum Gasteiger partial charge on any atom is -0.444 e. The molecule has 0 spiro atoms. The zero-order chi connectivity index (χ0) is 26.5. The Hall–Kier alpha value is -3.48. The minimum atomic E-state index is -3.82. The van der Waals surface area contributed by atoms with Gasteiger partial charge in [0.05, 0.1) is 18.3 Å². The minimum absolute atomic E-state index is 0.0116. The van der Waals surface area contributed by atoms with Crippen LogP contribution < -0.4 is 10.0 Å². The summed E-state index contributed by atoms with van der Waals surface area (Å²) in [4.78, 5) is 52.9. The predicted octanol–water partition coefficient (Wildman–Crippen LogP) is 0.547. The van der Waals surface area contributed by atoms with Crippen LogP contribution >= 0.6 is 0 Å². The summed E-state index contributed by atoms with van der Waals surface area (Å²) in [6.07, 6.45) is 1.55. The number of nitrogens with zero attached hydrogens (tertiary/aromatic N) is 2. The summed E-state index contributed by atoms with van der Waals surface area (Å²) in [6.45, 7) is 3.85. The van der Waals surface area contributed by atoms with Gasteiger partial charge >= 0.3 is 6.09 Å². The van der Waals surface area contributed by atoms with Crippen molar-refractivity contribution in [2.24, 2.45) is 5.92 Å². The van der Waals surface area contributed by atoms with E-state index >= 15 is 0 Å². The first kappa shape index (κ1) is 25.2. The van der Waals surface area contributed by atoms with Gasteiger partial charge in [0.2, 0.25) is 22.3 Å². The Morgan fingerprint density at radius 1 is 1.22 bits per heavy atom. The summed E-state index contributed by atoms with van der Waals surface area (Å²) < 4.78 is 46.1. The van der Waals surface area contributed by atoms with Gasteiger partial charge in [0.15, 0.2) is 0 Å². The molecule has 0 aromatic heterocycles. The van der Waals surface area contributed by atoms with Gasteiger partial charge in [-0.2, -0.15) is 0 Å². The first-order valence-corrected chi connectivity index (χ1v) is 13.6. The van der Waals surface area contributed by atoms with Crippen molar-refractivity contribution in [3.8, 4) is 0 Å². The Balaban J connectivity index is 1.21. The zero-order valence-electron chi connectivity index (χ0n) is 19.9. The van der Waals surface area contributed by atoms with Crippen molar-refractivity contribution in [2.75, 3.05) is 6.54 Å². The molecule has 1 aromatic rings. The third-order valence-electron chi connectivity index (χ3n) is 7.44. The van der Waals surface area contributed by atoms with E-state index < -0.39 is 62.6 Å². The summed E-state index contributed by atoms with van der Waals surface area (Å²) in [6, 6.07) is 3.59. The van der Waals surface area contributed by atoms with Crippen molar-refractivity contribution in [3.63, 3.8) is 0 Å². The second-order valence-electron chi connectivity index (χ2n) is 9.98. The van der Waals surface area contributed by atoms with Gasteiger partial charge in [-0.25, -0.2) is 17.6 Å². The topological polar surface area (TPSA) is 142 Å². The molecule has 3 fully saturated rings. The van der Waals surface area contributed by atoms with Gasteiger partial charge in [0.1, 0.15) is 23.5 Å². The van der Waals surface area contributed by atoms with Crippen molar-refractivity contribution >= 4 is 34.3 Å². The summed E-state index contributed by atoms with van der Waals surface area (Å²) in [5.74, 6) is -2.37. The number of nitrogens with one attached hydrogen (secondary N) is 2.